The Labute approximate surface area is 116 Å². The van der Waals surface area contributed by atoms with Crippen LogP contribution in [-0.2, 0) is 6.42 Å². The third-order valence-corrected chi connectivity index (χ3v) is 3.64. The van der Waals surface area contributed by atoms with E-state index in [0.717, 1.165) is 18.1 Å². The van der Waals surface area contributed by atoms with Gasteiger partial charge in [-0.3, -0.25) is 0 Å². The molecule has 0 saturated heterocycles. The van der Waals surface area contributed by atoms with E-state index < -0.39 is 0 Å². The van der Waals surface area contributed by atoms with Crippen LogP contribution in [0, 0.1) is 11.3 Å². The Morgan fingerprint density at radius 3 is 2.22 bits per heavy atom. The van der Waals surface area contributed by atoms with Gasteiger partial charge in [0.1, 0.15) is 5.75 Å². The van der Waals surface area contributed by atoms with Gasteiger partial charge in [0, 0.05) is 5.88 Å². The highest BCUT2D eigenvalue weighted by molar-refractivity contribution is 6.18. The van der Waals surface area contributed by atoms with Crippen molar-refractivity contribution in [3.8, 4) is 5.75 Å². The van der Waals surface area contributed by atoms with E-state index in [2.05, 4.69) is 32.9 Å². The Morgan fingerprint density at radius 1 is 1.17 bits per heavy atom. The maximum Gasteiger partial charge on any atom is 0.118 e. The van der Waals surface area contributed by atoms with Crippen LogP contribution in [0.5, 0.6) is 5.75 Å². The largest absolute Gasteiger partial charge is 0.497 e. The minimum absolute atomic E-state index is 0.393. The van der Waals surface area contributed by atoms with Crippen LogP contribution in [0.3, 0.4) is 0 Å². The van der Waals surface area contributed by atoms with Crippen LogP contribution in [-0.4, -0.2) is 13.0 Å². The molecule has 1 aromatic carbocycles. The number of hydrogen-bond acceptors (Lipinski definition) is 1. The molecule has 0 bridgehead atoms. The van der Waals surface area contributed by atoms with Crippen LogP contribution in [0.2, 0.25) is 0 Å². The highest BCUT2D eigenvalue weighted by atomic mass is 35.5. The summed E-state index contributed by atoms with van der Waals surface area (Å²) in [7, 11) is 1.69. The van der Waals surface area contributed by atoms with E-state index in [4.69, 9.17) is 16.3 Å². The second kappa shape index (κ2) is 7.04. The van der Waals surface area contributed by atoms with Crippen molar-refractivity contribution in [2.75, 3.05) is 13.0 Å². The van der Waals surface area contributed by atoms with Crippen molar-refractivity contribution in [3.63, 3.8) is 0 Å². The fourth-order valence-electron chi connectivity index (χ4n) is 1.97. The summed E-state index contributed by atoms with van der Waals surface area (Å²) in [4.78, 5) is 0. The van der Waals surface area contributed by atoms with Gasteiger partial charge in [0.2, 0.25) is 0 Å². The van der Waals surface area contributed by atoms with Gasteiger partial charge in [-0.15, -0.1) is 11.6 Å². The maximum atomic E-state index is 6.08. The lowest BCUT2D eigenvalue weighted by Crippen LogP contribution is -2.12. The average molecular weight is 269 g/mol. The SMILES string of the molecule is COc1ccc(CC(CCl)CCC(C)(C)C)cc1. The van der Waals surface area contributed by atoms with E-state index in [1.165, 1.54) is 18.4 Å². The zero-order valence-electron chi connectivity index (χ0n) is 12.0. The Balaban J connectivity index is 2.51. The Hall–Kier alpha value is -0.690. The molecule has 0 radical (unpaired) electrons. The smallest absolute Gasteiger partial charge is 0.118 e. The summed E-state index contributed by atoms with van der Waals surface area (Å²) in [5.74, 6) is 2.22. The molecule has 0 fully saturated rings. The fourth-order valence-corrected chi connectivity index (χ4v) is 2.23. The zero-order valence-corrected chi connectivity index (χ0v) is 12.8. The summed E-state index contributed by atoms with van der Waals surface area (Å²) in [5, 5.41) is 0. The third kappa shape index (κ3) is 5.77. The van der Waals surface area contributed by atoms with Crippen LogP contribution >= 0.6 is 11.6 Å². The van der Waals surface area contributed by atoms with Crippen molar-refractivity contribution in [2.24, 2.45) is 11.3 Å². The molecule has 0 aliphatic heterocycles. The Kier molecular flexibility index (Phi) is 6.01. The van der Waals surface area contributed by atoms with Crippen molar-refractivity contribution >= 4 is 11.6 Å². The van der Waals surface area contributed by atoms with Crippen molar-refractivity contribution in [1.82, 2.24) is 0 Å². The number of alkyl halides is 1. The summed E-state index contributed by atoms with van der Waals surface area (Å²) < 4.78 is 5.17. The van der Waals surface area contributed by atoms with Crippen molar-refractivity contribution in [1.29, 1.82) is 0 Å². The van der Waals surface area contributed by atoms with Gasteiger partial charge >= 0.3 is 0 Å². The average Bonchev–Trinajstić information content (AvgIpc) is 2.34. The first-order valence-corrected chi connectivity index (χ1v) is 7.17. The topological polar surface area (TPSA) is 9.23 Å². The van der Waals surface area contributed by atoms with E-state index >= 15 is 0 Å². The molecule has 0 aliphatic rings. The second-order valence-electron chi connectivity index (χ2n) is 6.17. The van der Waals surface area contributed by atoms with Gasteiger partial charge in [0.25, 0.3) is 0 Å². The standard InChI is InChI=1S/C16H25ClO/c1-16(2,3)10-9-14(12-17)11-13-5-7-15(18-4)8-6-13/h5-8,14H,9-12H2,1-4H3. The number of benzene rings is 1. The Morgan fingerprint density at radius 2 is 1.78 bits per heavy atom. The van der Waals surface area contributed by atoms with Crippen LogP contribution in [0.4, 0.5) is 0 Å². The van der Waals surface area contributed by atoms with Gasteiger partial charge in [-0.1, -0.05) is 32.9 Å². The molecule has 0 saturated carbocycles. The lowest BCUT2D eigenvalue weighted by atomic mass is 9.85. The zero-order chi connectivity index (χ0) is 13.6. The van der Waals surface area contributed by atoms with Gasteiger partial charge < -0.3 is 4.74 Å². The molecule has 0 spiro atoms. The van der Waals surface area contributed by atoms with E-state index in [9.17, 15) is 0 Å². The summed E-state index contributed by atoms with van der Waals surface area (Å²) >= 11 is 6.08. The van der Waals surface area contributed by atoms with Gasteiger partial charge in [-0.2, -0.15) is 0 Å². The molecule has 1 unspecified atom stereocenters. The minimum Gasteiger partial charge on any atom is -0.497 e. The first kappa shape index (κ1) is 15.4. The molecule has 102 valence electrons. The van der Waals surface area contributed by atoms with Crippen molar-refractivity contribution in [2.45, 2.75) is 40.0 Å². The lowest BCUT2D eigenvalue weighted by molar-refractivity contribution is 0.331. The molecule has 0 amide bonds. The molecule has 2 heteroatoms. The number of hydrogen-bond donors (Lipinski definition) is 0. The molecule has 1 aromatic rings. The van der Waals surface area contributed by atoms with E-state index in [1.807, 2.05) is 12.1 Å². The Bertz CT molecular complexity index is 337. The van der Waals surface area contributed by atoms with Crippen LogP contribution in [0.15, 0.2) is 24.3 Å². The van der Waals surface area contributed by atoms with Gasteiger partial charge in [-0.25, -0.2) is 0 Å². The number of halogens is 1. The van der Waals surface area contributed by atoms with E-state index in [1.54, 1.807) is 7.11 Å². The number of methoxy groups -OCH3 is 1. The first-order valence-electron chi connectivity index (χ1n) is 6.63. The predicted molar refractivity (Wildman–Crippen MR) is 79.6 cm³/mol. The summed E-state index contributed by atoms with van der Waals surface area (Å²) in [6.45, 7) is 6.85. The lowest BCUT2D eigenvalue weighted by Gasteiger charge is -2.22. The molecule has 1 atom stereocenters. The molecule has 1 rings (SSSR count). The molecule has 0 N–H and O–H groups in total. The number of ether oxygens (including phenoxy) is 1. The predicted octanol–water partition coefficient (Wildman–Crippen LogP) is 4.92. The minimum atomic E-state index is 0.393. The molecule has 18 heavy (non-hydrogen) atoms. The molecule has 0 heterocycles. The summed E-state index contributed by atoms with van der Waals surface area (Å²) in [6.07, 6.45) is 3.48. The number of rotatable bonds is 6. The van der Waals surface area contributed by atoms with Gasteiger partial charge in [0.05, 0.1) is 7.11 Å². The monoisotopic (exact) mass is 268 g/mol. The highest BCUT2D eigenvalue weighted by Crippen LogP contribution is 2.26. The fraction of sp³-hybridized carbons (Fsp3) is 0.625. The highest BCUT2D eigenvalue weighted by Gasteiger charge is 2.15. The normalized spacial score (nSPS) is 13.4. The summed E-state index contributed by atoms with van der Waals surface area (Å²) in [5.41, 5.74) is 1.74. The molecule has 1 nitrogen and oxygen atoms in total. The van der Waals surface area contributed by atoms with Gasteiger partial charge in [0.15, 0.2) is 0 Å². The van der Waals surface area contributed by atoms with Gasteiger partial charge in [-0.05, 0) is 48.3 Å². The summed E-state index contributed by atoms with van der Waals surface area (Å²) in [6, 6.07) is 8.31. The van der Waals surface area contributed by atoms with Crippen molar-refractivity contribution in [3.05, 3.63) is 29.8 Å². The molecular weight excluding hydrogens is 244 g/mol. The third-order valence-electron chi connectivity index (χ3n) is 3.20. The van der Waals surface area contributed by atoms with Crippen LogP contribution in [0.1, 0.15) is 39.2 Å². The van der Waals surface area contributed by atoms with E-state index in [-0.39, 0.29) is 0 Å². The van der Waals surface area contributed by atoms with E-state index in [0.29, 0.717) is 11.3 Å². The first-order chi connectivity index (χ1) is 8.44. The second-order valence-corrected chi connectivity index (χ2v) is 6.48. The molecule has 0 aromatic heterocycles. The quantitative estimate of drug-likeness (QED) is 0.666. The van der Waals surface area contributed by atoms with Crippen molar-refractivity contribution < 1.29 is 4.74 Å². The van der Waals surface area contributed by atoms with Crippen LogP contribution in [0.25, 0.3) is 0 Å². The maximum absolute atomic E-state index is 6.08. The molecular formula is C16H25ClO. The molecule has 0 aliphatic carbocycles. The van der Waals surface area contributed by atoms with Crippen LogP contribution < -0.4 is 4.74 Å².